The third-order valence-electron chi connectivity index (χ3n) is 3.42. The molecule has 0 aliphatic rings. The molecule has 0 saturated carbocycles. The van der Waals surface area contributed by atoms with Crippen molar-refractivity contribution < 1.29 is 0 Å². The first-order valence-electron chi connectivity index (χ1n) is 5.98. The largest absolute Gasteiger partial charge is 0.252 e. The van der Waals surface area contributed by atoms with Crippen molar-refractivity contribution in [3.63, 3.8) is 0 Å². The second-order valence-electron chi connectivity index (χ2n) is 5.54. The van der Waals surface area contributed by atoms with Crippen LogP contribution in [0, 0.1) is 5.41 Å². The summed E-state index contributed by atoms with van der Waals surface area (Å²) in [5.41, 5.74) is 4.93. The van der Waals surface area contributed by atoms with Gasteiger partial charge in [-0.2, -0.15) is 0 Å². The van der Waals surface area contributed by atoms with Crippen molar-refractivity contribution in [1.82, 2.24) is 4.98 Å². The Balaban J connectivity index is 2.49. The van der Waals surface area contributed by atoms with Crippen molar-refractivity contribution >= 4 is 11.3 Å². The van der Waals surface area contributed by atoms with Gasteiger partial charge in [0.05, 0.1) is 10.4 Å². The molecule has 2 aromatic rings. The van der Waals surface area contributed by atoms with E-state index in [0.29, 0.717) is 5.92 Å². The fourth-order valence-electron chi connectivity index (χ4n) is 1.91. The topological polar surface area (TPSA) is 12.9 Å². The normalized spacial score (nSPS) is 13.6. The lowest BCUT2D eigenvalue weighted by Crippen LogP contribution is -2.15. The van der Waals surface area contributed by atoms with Crippen LogP contribution in [0.3, 0.4) is 0 Å². The van der Waals surface area contributed by atoms with Crippen LogP contribution in [0.15, 0.2) is 36.0 Å². The maximum absolute atomic E-state index is 4.18. The molecule has 0 spiro atoms. The Morgan fingerprint density at radius 2 is 1.88 bits per heavy atom. The van der Waals surface area contributed by atoms with Crippen LogP contribution < -0.4 is 0 Å². The molecule has 1 nitrogen and oxygen atoms in total. The predicted molar refractivity (Wildman–Crippen MR) is 75.4 cm³/mol. The maximum atomic E-state index is 4.18. The molecule has 1 unspecified atom stereocenters. The Morgan fingerprint density at radius 3 is 2.47 bits per heavy atom. The summed E-state index contributed by atoms with van der Waals surface area (Å²) >= 11 is 1.71. The Kier molecular flexibility index (Phi) is 3.34. The van der Waals surface area contributed by atoms with Gasteiger partial charge in [0, 0.05) is 6.20 Å². The van der Waals surface area contributed by atoms with Crippen molar-refractivity contribution in [2.75, 3.05) is 0 Å². The van der Waals surface area contributed by atoms with Gasteiger partial charge in [-0.25, -0.2) is 0 Å². The van der Waals surface area contributed by atoms with E-state index >= 15 is 0 Å². The van der Waals surface area contributed by atoms with E-state index in [-0.39, 0.29) is 5.41 Å². The fraction of sp³-hybridized carbons (Fsp3) is 0.400. The number of rotatable bonds is 2. The average molecular weight is 245 g/mol. The molecule has 0 aliphatic heterocycles. The number of nitrogens with zero attached hydrogens (tertiary/aromatic N) is 1. The van der Waals surface area contributed by atoms with E-state index in [0.717, 1.165) is 0 Å². The van der Waals surface area contributed by atoms with Crippen LogP contribution in [-0.4, -0.2) is 4.98 Å². The number of aromatic nitrogens is 1. The van der Waals surface area contributed by atoms with Crippen LogP contribution in [0.4, 0.5) is 0 Å². The SMILES string of the molecule is CC(c1ccccc1-c1cncs1)C(C)(C)C. The van der Waals surface area contributed by atoms with E-state index in [4.69, 9.17) is 0 Å². The summed E-state index contributed by atoms with van der Waals surface area (Å²) in [5.74, 6) is 0.529. The molecule has 1 heterocycles. The molecule has 0 N–H and O–H groups in total. The quantitative estimate of drug-likeness (QED) is 0.728. The summed E-state index contributed by atoms with van der Waals surface area (Å²) in [6.07, 6.45) is 1.96. The van der Waals surface area contributed by atoms with Crippen LogP contribution in [0.5, 0.6) is 0 Å². The second-order valence-corrected chi connectivity index (χ2v) is 6.43. The summed E-state index contributed by atoms with van der Waals surface area (Å²) in [4.78, 5) is 5.44. The van der Waals surface area contributed by atoms with Crippen molar-refractivity contribution in [3.8, 4) is 10.4 Å². The molecule has 2 rings (SSSR count). The molecule has 0 saturated heterocycles. The first kappa shape index (κ1) is 12.3. The molecule has 1 atom stereocenters. The Bertz CT molecular complexity index is 480. The molecule has 17 heavy (non-hydrogen) atoms. The minimum absolute atomic E-state index is 0.279. The smallest absolute Gasteiger partial charge is 0.0797 e. The number of thiazole rings is 1. The van der Waals surface area contributed by atoms with Crippen molar-refractivity contribution in [2.24, 2.45) is 5.41 Å². The Labute approximate surface area is 108 Å². The Morgan fingerprint density at radius 1 is 1.18 bits per heavy atom. The molecule has 90 valence electrons. The van der Waals surface area contributed by atoms with Crippen LogP contribution in [0.2, 0.25) is 0 Å². The highest BCUT2D eigenvalue weighted by Gasteiger charge is 2.24. The van der Waals surface area contributed by atoms with Crippen molar-refractivity contribution in [3.05, 3.63) is 41.5 Å². The summed E-state index contributed by atoms with van der Waals surface area (Å²) in [6.45, 7) is 9.18. The molecule has 1 aromatic carbocycles. The predicted octanol–water partition coefficient (Wildman–Crippen LogP) is 4.96. The molecular formula is C15H19NS. The molecule has 0 radical (unpaired) electrons. The fourth-order valence-corrected chi connectivity index (χ4v) is 2.58. The number of hydrogen-bond acceptors (Lipinski definition) is 2. The third-order valence-corrected chi connectivity index (χ3v) is 4.23. The molecule has 0 aliphatic carbocycles. The van der Waals surface area contributed by atoms with E-state index in [1.165, 1.54) is 16.0 Å². The van der Waals surface area contributed by atoms with Crippen LogP contribution in [0.1, 0.15) is 39.2 Å². The van der Waals surface area contributed by atoms with Gasteiger partial charge >= 0.3 is 0 Å². The average Bonchev–Trinajstić information content (AvgIpc) is 2.80. The Hall–Kier alpha value is -1.15. The zero-order valence-corrected chi connectivity index (χ0v) is 11.7. The molecule has 0 amide bonds. The molecule has 0 bridgehead atoms. The van der Waals surface area contributed by atoms with E-state index in [2.05, 4.69) is 56.9 Å². The highest BCUT2D eigenvalue weighted by Crippen LogP contribution is 2.39. The van der Waals surface area contributed by atoms with Gasteiger partial charge in [0.2, 0.25) is 0 Å². The first-order chi connectivity index (χ1) is 8.00. The summed E-state index contributed by atoms with van der Waals surface area (Å²) in [6, 6.07) is 8.67. The van der Waals surface area contributed by atoms with Gasteiger partial charge in [0.1, 0.15) is 0 Å². The zero-order valence-electron chi connectivity index (χ0n) is 10.9. The van der Waals surface area contributed by atoms with Crippen molar-refractivity contribution in [1.29, 1.82) is 0 Å². The van der Waals surface area contributed by atoms with Gasteiger partial charge in [0.25, 0.3) is 0 Å². The number of hydrogen-bond donors (Lipinski definition) is 0. The lowest BCUT2D eigenvalue weighted by molar-refractivity contribution is 0.340. The number of benzene rings is 1. The van der Waals surface area contributed by atoms with E-state index in [9.17, 15) is 0 Å². The van der Waals surface area contributed by atoms with Gasteiger partial charge in [-0.1, -0.05) is 52.0 Å². The lowest BCUT2D eigenvalue weighted by Gasteiger charge is -2.29. The van der Waals surface area contributed by atoms with Crippen LogP contribution in [-0.2, 0) is 0 Å². The maximum Gasteiger partial charge on any atom is 0.0797 e. The zero-order chi connectivity index (χ0) is 12.5. The molecule has 0 fully saturated rings. The summed E-state index contributed by atoms with van der Waals surface area (Å²) in [5, 5.41) is 0. The van der Waals surface area contributed by atoms with Gasteiger partial charge in [-0.3, -0.25) is 4.98 Å². The first-order valence-corrected chi connectivity index (χ1v) is 6.86. The standard InChI is InChI=1S/C15H19NS/c1-11(15(2,3)4)12-7-5-6-8-13(12)14-9-16-10-17-14/h5-11H,1-4H3. The molecular weight excluding hydrogens is 226 g/mol. The summed E-state index contributed by atoms with van der Waals surface area (Å²) < 4.78 is 0. The van der Waals surface area contributed by atoms with Gasteiger partial charge in [-0.15, -0.1) is 11.3 Å². The van der Waals surface area contributed by atoms with Gasteiger partial charge < -0.3 is 0 Å². The van der Waals surface area contributed by atoms with E-state index in [1.807, 2.05) is 11.7 Å². The summed E-state index contributed by atoms with van der Waals surface area (Å²) in [7, 11) is 0. The van der Waals surface area contributed by atoms with Gasteiger partial charge in [-0.05, 0) is 22.5 Å². The second kappa shape index (κ2) is 4.61. The van der Waals surface area contributed by atoms with Gasteiger partial charge in [0.15, 0.2) is 0 Å². The van der Waals surface area contributed by atoms with E-state index in [1.54, 1.807) is 11.3 Å². The highest BCUT2D eigenvalue weighted by molar-refractivity contribution is 7.13. The minimum Gasteiger partial charge on any atom is -0.252 e. The minimum atomic E-state index is 0.279. The van der Waals surface area contributed by atoms with E-state index < -0.39 is 0 Å². The molecule has 1 aromatic heterocycles. The third kappa shape index (κ3) is 2.58. The monoisotopic (exact) mass is 245 g/mol. The lowest BCUT2D eigenvalue weighted by atomic mass is 9.76. The molecule has 2 heteroatoms. The van der Waals surface area contributed by atoms with Crippen molar-refractivity contribution in [2.45, 2.75) is 33.6 Å². The van der Waals surface area contributed by atoms with Crippen LogP contribution in [0.25, 0.3) is 10.4 Å². The highest BCUT2D eigenvalue weighted by atomic mass is 32.1. The van der Waals surface area contributed by atoms with Crippen LogP contribution >= 0.6 is 11.3 Å².